The summed E-state index contributed by atoms with van der Waals surface area (Å²) < 4.78 is 39.9. The Balaban J connectivity index is 2.29. The molecule has 0 aliphatic carbocycles. The molecule has 2 N–H and O–H groups in total. The van der Waals surface area contributed by atoms with Gasteiger partial charge in [0.15, 0.2) is 7.41 Å². The highest BCUT2D eigenvalue weighted by Gasteiger charge is 2.33. The average molecular weight is 356 g/mol. The van der Waals surface area contributed by atoms with Crippen LogP contribution in [0.4, 0.5) is 18.9 Å². The van der Waals surface area contributed by atoms with Gasteiger partial charge in [-0.2, -0.15) is 13.2 Å². The smallest absolute Gasteiger partial charge is 0.400 e. The van der Waals surface area contributed by atoms with Crippen LogP contribution in [0.15, 0.2) is 36.4 Å². The van der Waals surface area contributed by atoms with Crippen molar-refractivity contribution in [1.29, 1.82) is 0 Å². The van der Waals surface area contributed by atoms with Gasteiger partial charge in [-0.1, -0.05) is 30.3 Å². The lowest BCUT2D eigenvalue weighted by atomic mass is 9.74. The van der Waals surface area contributed by atoms with Crippen LogP contribution in [-0.2, 0) is 6.18 Å². The molecule has 0 spiro atoms. The molecule has 26 heavy (non-hydrogen) atoms. The molecule has 2 rings (SSSR count). The highest BCUT2D eigenvalue weighted by molar-refractivity contribution is 6.60. The molecule has 0 heterocycles. The summed E-state index contributed by atoms with van der Waals surface area (Å²) in [6.07, 6.45) is 0.876. The molecule has 132 valence electrons. The Labute approximate surface area is 151 Å². The van der Waals surface area contributed by atoms with Gasteiger partial charge in [0.2, 0.25) is 7.41 Å². The lowest BCUT2D eigenvalue weighted by molar-refractivity contribution is -0.136. The zero-order valence-electron chi connectivity index (χ0n) is 14.5. The number of carbonyl (C=O) groups is 1. The number of amides is 1. The molecule has 0 aromatic heterocycles. The molecule has 0 unspecified atom stereocenters. The summed E-state index contributed by atoms with van der Waals surface area (Å²) in [5, 5.41) is 5.37. The molecule has 2 aromatic carbocycles. The third-order valence-corrected chi connectivity index (χ3v) is 3.89. The maximum atomic E-state index is 13.3. The van der Waals surface area contributed by atoms with Gasteiger partial charge in [0, 0.05) is 16.8 Å². The van der Waals surface area contributed by atoms with Gasteiger partial charge in [0.1, 0.15) is 0 Å². The van der Waals surface area contributed by atoms with E-state index in [0.29, 0.717) is 13.0 Å². The van der Waals surface area contributed by atoms with Gasteiger partial charge in [-0.3, -0.25) is 4.79 Å². The fraction of sp³-hybridized carbons (Fsp3) is 0.167. The summed E-state index contributed by atoms with van der Waals surface area (Å²) in [5.41, 5.74) is 1.12. The van der Waals surface area contributed by atoms with Crippen LogP contribution in [0, 0.1) is 19.3 Å². The van der Waals surface area contributed by atoms with Crippen LogP contribution >= 0.6 is 0 Å². The molecule has 0 fully saturated rings. The van der Waals surface area contributed by atoms with Crippen LogP contribution in [-0.4, -0.2) is 20.7 Å². The topological polar surface area (TPSA) is 41.1 Å². The Morgan fingerprint density at radius 1 is 1.19 bits per heavy atom. The van der Waals surface area contributed by atoms with E-state index < -0.39 is 17.6 Å². The number of benzene rings is 2. The van der Waals surface area contributed by atoms with E-state index in [0.717, 1.165) is 11.6 Å². The third-order valence-electron chi connectivity index (χ3n) is 3.89. The van der Waals surface area contributed by atoms with Gasteiger partial charge < -0.3 is 10.5 Å². The average Bonchev–Trinajstić information content (AvgIpc) is 2.60. The minimum Gasteiger partial charge on any atom is -0.400 e. The second-order valence-electron chi connectivity index (χ2n) is 5.78. The molecule has 0 bridgehead atoms. The van der Waals surface area contributed by atoms with E-state index in [1.807, 2.05) is 13.7 Å². The third kappa shape index (κ3) is 4.70. The number of anilines is 1. The Hall–Kier alpha value is -2.65. The van der Waals surface area contributed by atoms with Gasteiger partial charge >= 0.3 is 6.18 Å². The van der Waals surface area contributed by atoms with Crippen LogP contribution in [0.3, 0.4) is 0 Å². The second-order valence-corrected chi connectivity index (χ2v) is 5.78. The fourth-order valence-corrected chi connectivity index (χ4v) is 2.45. The van der Waals surface area contributed by atoms with Gasteiger partial charge in [-0.15, -0.1) is 6.42 Å². The van der Waals surface area contributed by atoms with Crippen LogP contribution in [0.25, 0.3) is 0 Å². The standard InChI is InChI=1S/C18H17B2F3N2O/c1-4-12-9-13(6-5-11(12)2)17(26)24-14-7-8-16(20-25-19-3)15(10-14)18(21,22)23/h1,5-10,19-20,25H,2-3H3,(H,24,26). The van der Waals surface area contributed by atoms with E-state index >= 15 is 0 Å². The van der Waals surface area contributed by atoms with Crippen molar-refractivity contribution < 1.29 is 18.0 Å². The van der Waals surface area contributed by atoms with Gasteiger partial charge in [0.25, 0.3) is 5.91 Å². The van der Waals surface area contributed by atoms with Crippen LogP contribution < -0.4 is 15.9 Å². The van der Waals surface area contributed by atoms with Crippen molar-refractivity contribution >= 4 is 31.9 Å². The normalized spacial score (nSPS) is 10.8. The van der Waals surface area contributed by atoms with Crippen molar-refractivity contribution in [3.05, 3.63) is 58.7 Å². The quantitative estimate of drug-likeness (QED) is 0.637. The predicted molar refractivity (Wildman–Crippen MR) is 101 cm³/mol. The molecular formula is C18H17B2F3N2O. The first kappa shape index (κ1) is 19.7. The Kier molecular flexibility index (Phi) is 6.17. The molecule has 2 aromatic rings. The van der Waals surface area contributed by atoms with Crippen molar-refractivity contribution in [2.75, 3.05) is 5.32 Å². The van der Waals surface area contributed by atoms with E-state index in [1.54, 1.807) is 12.1 Å². The van der Waals surface area contributed by atoms with E-state index in [9.17, 15) is 18.0 Å². The summed E-state index contributed by atoms with van der Waals surface area (Å²) >= 11 is 0. The van der Waals surface area contributed by atoms with E-state index in [2.05, 4.69) is 16.4 Å². The van der Waals surface area contributed by atoms with Crippen LogP contribution in [0.1, 0.15) is 27.0 Å². The summed E-state index contributed by atoms with van der Waals surface area (Å²) in [6.45, 7) is 3.63. The fourth-order valence-electron chi connectivity index (χ4n) is 2.45. The molecule has 0 atom stereocenters. The molecule has 1 amide bonds. The number of carbonyl (C=O) groups excluding carboxylic acids is 1. The highest BCUT2D eigenvalue weighted by Crippen LogP contribution is 2.29. The van der Waals surface area contributed by atoms with Crippen molar-refractivity contribution in [3.63, 3.8) is 0 Å². The van der Waals surface area contributed by atoms with Crippen LogP contribution in [0.2, 0.25) is 6.82 Å². The number of hydrogen-bond donors (Lipinski definition) is 2. The second kappa shape index (κ2) is 8.15. The number of aryl methyl sites for hydroxylation is 1. The van der Waals surface area contributed by atoms with Gasteiger partial charge in [0.05, 0.1) is 5.56 Å². The SMILES string of the molecule is C#Cc1cc(C(=O)Nc2ccc(BNBC)c(C(F)(F)F)c2)ccc1C. The van der Waals surface area contributed by atoms with Crippen molar-refractivity contribution in [2.45, 2.75) is 19.9 Å². The number of alkyl halides is 3. The molecule has 0 saturated carbocycles. The highest BCUT2D eigenvalue weighted by atomic mass is 19.4. The summed E-state index contributed by atoms with van der Waals surface area (Å²) in [5.74, 6) is 1.96. The molecule has 0 aliphatic rings. The first-order valence-corrected chi connectivity index (χ1v) is 8.05. The number of halogens is 3. The lowest BCUT2D eigenvalue weighted by Crippen LogP contribution is -2.36. The van der Waals surface area contributed by atoms with Crippen molar-refractivity contribution in [3.8, 4) is 12.3 Å². The van der Waals surface area contributed by atoms with Crippen molar-refractivity contribution in [2.24, 2.45) is 0 Å². The number of nitrogens with one attached hydrogen (secondary N) is 2. The predicted octanol–water partition coefficient (Wildman–Crippen LogP) is 2.21. The maximum Gasteiger partial charge on any atom is 0.416 e. The number of hydrogen-bond acceptors (Lipinski definition) is 2. The number of rotatable bonds is 5. The Morgan fingerprint density at radius 3 is 2.54 bits per heavy atom. The zero-order valence-corrected chi connectivity index (χ0v) is 14.5. The molecule has 8 heteroatoms. The Bertz CT molecular complexity index is 860. The lowest BCUT2D eigenvalue weighted by Gasteiger charge is -2.15. The molecule has 0 saturated heterocycles. The van der Waals surface area contributed by atoms with Crippen molar-refractivity contribution in [1.82, 2.24) is 5.14 Å². The molecule has 0 radical (unpaired) electrons. The van der Waals surface area contributed by atoms with Crippen LogP contribution in [0.5, 0.6) is 0 Å². The van der Waals surface area contributed by atoms with E-state index in [1.165, 1.54) is 18.2 Å². The van der Waals surface area contributed by atoms with Gasteiger partial charge in [-0.25, -0.2) is 0 Å². The monoisotopic (exact) mass is 356 g/mol. The minimum absolute atomic E-state index is 0.0745. The van der Waals surface area contributed by atoms with E-state index in [-0.39, 0.29) is 24.1 Å². The minimum atomic E-state index is -4.51. The summed E-state index contributed by atoms with van der Waals surface area (Å²) in [7, 11) is 0.657. The first-order valence-electron chi connectivity index (χ1n) is 8.05. The first-order chi connectivity index (χ1) is 12.3. The summed E-state index contributed by atoms with van der Waals surface area (Å²) in [4.78, 5) is 12.3. The largest absolute Gasteiger partial charge is 0.416 e. The maximum absolute atomic E-state index is 13.3. The number of terminal acetylenes is 1. The molecular weight excluding hydrogens is 339 g/mol. The van der Waals surface area contributed by atoms with Gasteiger partial charge in [-0.05, 0) is 36.8 Å². The molecule has 0 aliphatic heterocycles. The summed E-state index contributed by atoms with van der Waals surface area (Å²) in [6, 6.07) is 8.58. The zero-order chi connectivity index (χ0) is 19.3. The van der Waals surface area contributed by atoms with E-state index in [4.69, 9.17) is 6.42 Å². The molecule has 3 nitrogen and oxygen atoms in total. The Morgan fingerprint density at radius 2 is 1.92 bits per heavy atom.